The molecule has 1 aliphatic heterocycles. The number of hydrogen-bond donors (Lipinski definition) is 2. The minimum atomic E-state index is -0.423. The van der Waals surface area contributed by atoms with Crippen LogP contribution in [0.1, 0.15) is 0 Å². The smallest absolute Gasteiger partial charge is 0.325 e. The third-order valence-corrected chi connectivity index (χ3v) is 4.96. The number of carbonyl (C=O) groups is 1. The van der Waals surface area contributed by atoms with Gasteiger partial charge < -0.3 is 19.5 Å². The summed E-state index contributed by atoms with van der Waals surface area (Å²) in [5.41, 5.74) is 1.19. The molecule has 0 atom stereocenters. The van der Waals surface area contributed by atoms with Crippen LogP contribution in [0.3, 0.4) is 0 Å². The zero-order chi connectivity index (χ0) is 17.4. The fourth-order valence-corrected chi connectivity index (χ4v) is 3.56. The van der Waals surface area contributed by atoms with Crippen molar-refractivity contribution in [3.05, 3.63) is 35.4 Å². The monoisotopic (exact) mass is 377 g/mol. The van der Waals surface area contributed by atoms with Gasteiger partial charge in [-0.3, -0.25) is 5.32 Å². The quantitative estimate of drug-likeness (QED) is 0.709. The number of rotatable bonds is 3. The molecule has 0 saturated carbocycles. The van der Waals surface area contributed by atoms with E-state index in [2.05, 4.69) is 15.6 Å². The number of benzene rings is 2. The van der Waals surface area contributed by atoms with E-state index < -0.39 is 6.03 Å². The maximum atomic E-state index is 12.2. The molecule has 1 aromatic heterocycles. The molecule has 4 rings (SSSR count). The molecule has 2 N–H and O–H groups in total. The first-order chi connectivity index (χ1) is 12.1. The summed E-state index contributed by atoms with van der Waals surface area (Å²) < 4.78 is 16.5. The van der Waals surface area contributed by atoms with Crippen LogP contribution in [0.25, 0.3) is 10.2 Å². The minimum absolute atomic E-state index is 0.180. The number of nitrogens with one attached hydrogen (secondary N) is 2. The average Bonchev–Trinajstić information content (AvgIpc) is 3.21. The van der Waals surface area contributed by atoms with E-state index in [4.69, 9.17) is 25.8 Å². The average molecular weight is 378 g/mol. The van der Waals surface area contributed by atoms with Gasteiger partial charge in [-0.25, -0.2) is 9.78 Å². The summed E-state index contributed by atoms with van der Waals surface area (Å²) in [5.74, 6) is 1.84. The largest absolute Gasteiger partial charge is 0.494 e. The van der Waals surface area contributed by atoms with Gasteiger partial charge in [0.15, 0.2) is 16.6 Å². The van der Waals surface area contributed by atoms with Crippen LogP contribution in [-0.4, -0.2) is 24.9 Å². The van der Waals surface area contributed by atoms with Gasteiger partial charge in [0, 0.05) is 11.8 Å². The summed E-state index contributed by atoms with van der Waals surface area (Å²) in [5, 5.41) is 6.39. The van der Waals surface area contributed by atoms with E-state index in [0.29, 0.717) is 38.6 Å². The van der Waals surface area contributed by atoms with Gasteiger partial charge in [-0.05, 0) is 24.3 Å². The van der Waals surface area contributed by atoms with Gasteiger partial charge in [-0.15, -0.1) is 0 Å². The fourth-order valence-electron chi connectivity index (χ4n) is 2.40. The molecule has 0 unspecified atom stereocenters. The third-order valence-electron chi connectivity index (χ3n) is 3.53. The molecule has 7 nitrogen and oxygen atoms in total. The molecule has 2 amide bonds. The first-order valence-electron chi connectivity index (χ1n) is 7.25. The van der Waals surface area contributed by atoms with Crippen molar-refractivity contribution >= 4 is 50.0 Å². The van der Waals surface area contributed by atoms with Crippen LogP contribution in [0.5, 0.6) is 17.2 Å². The van der Waals surface area contributed by atoms with E-state index in [0.717, 1.165) is 4.70 Å². The number of hydrogen-bond acceptors (Lipinski definition) is 6. The molecule has 0 spiro atoms. The van der Waals surface area contributed by atoms with E-state index in [1.165, 1.54) is 11.3 Å². The van der Waals surface area contributed by atoms with Crippen molar-refractivity contribution in [2.45, 2.75) is 0 Å². The highest BCUT2D eigenvalue weighted by Crippen LogP contribution is 2.37. The Hall–Kier alpha value is -2.71. The molecule has 9 heteroatoms. The predicted molar refractivity (Wildman–Crippen MR) is 96.4 cm³/mol. The number of amides is 2. The second kappa shape index (κ2) is 6.30. The molecule has 0 aliphatic carbocycles. The topological polar surface area (TPSA) is 81.7 Å². The Kier molecular flexibility index (Phi) is 3.98. The van der Waals surface area contributed by atoms with Crippen molar-refractivity contribution in [3.8, 4) is 17.2 Å². The number of nitrogens with zero attached hydrogens (tertiary/aromatic N) is 1. The second-order valence-electron chi connectivity index (χ2n) is 5.09. The Balaban J connectivity index is 1.53. The molecule has 25 heavy (non-hydrogen) atoms. The van der Waals surface area contributed by atoms with Gasteiger partial charge in [0.25, 0.3) is 0 Å². The van der Waals surface area contributed by atoms with Crippen molar-refractivity contribution < 1.29 is 19.0 Å². The highest BCUT2D eigenvalue weighted by atomic mass is 35.5. The Morgan fingerprint density at radius 3 is 2.92 bits per heavy atom. The SMILES string of the molecule is COc1ccc(Cl)c2sc(NC(=O)Nc3ccc4c(c3)OCO4)nc12. The normalized spacial score (nSPS) is 12.2. The molecule has 3 aromatic rings. The van der Waals surface area contributed by atoms with Crippen LogP contribution in [0.15, 0.2) is 30.3 Å². The Morgan fingerprint density at radius 1 is 1.24 bits per heavy atom. The lowest BCUT2D eigenvalue weighted by molar-refractivity contribution is 0.174. The number of ether oxygens (including phenoxy) is 3. The van der Waals surface area contributed by atoms with Gasteiger partial charge in [0.1, 0.15) is 11.3 Å². The summed E-state index contributed by atoms with van der Waals surface area (Å²) >= 11 is 7.45. The lowest BCUT2D eigenvalue weighted by atomic mass is 10.3. The van der Waals surface area contributed by atoms with Crippen molar-refractivity contribution in [3.63, 3.8) is 0 Å². The van der Waals surface area contributed by atoms with E-state index in [9.17, 15) is 4.79 Å². The predicted octanol–water partition coefficient (Wildman–Crippen LogP) is 4.33. The number of halogens is 1. The Morgan fingerprint density at radius 2 is 2.08 bits per heavy atom. The number of thiazole rings is 1. The van der Waals surface area contributed by atoms with Gasteiger partial charge in [0.05, 0.1) is 16.8 Å². The summed E-state index contributed by atoms with van der Waals surface area (Å²) in [6, 6.07) is 8.21. The summed E-state index contributed by atoms with van der Waals surface area (Å²) in [6.07, 6.45) is 0. The van der Waals surface area contributed by atoms with E-state index in [-0.39, 0.29) is 6.79 Å². The lowest BCUT2D eigenvalue weighted by Crippen LogP contribution is -2.19. The number of aromatic nitrogens is 1. The molecule has 0 fully saturated rings. The first kappa shape index (κ1) is 15.8. The van der Waals surface area contributed by atoms with Crippen LogP contribution in [0, 0.1) is 0 Å². The highest BCUT2D eigenvalue weighted by Gasteiger charge is 2.16. The van der Waals surface area contributed by atoms with Crippen LogP contribution in [0.4, 0.5) is 15.6 Å². The van der Waals surface area contributed by atoms with Crippen LogP contribution in [0.2, 0.25) is 5.02 Å². The standard InChI is InChI=1S/C16H12ClN3O4S/c1-22-11-5-3-9(17)14-13(11)19-16(25-14)20-15(21)18-8-2-4-10-12(6-8)24-7-23-10/h2-6H,7H2,1H3,(H2,18,19,20,21). The van der Waals surface area contributed by atoms with Crippen LogP contribution >= 0.6 is 22.9 Å². The zero-order valence-corrected chi connectivity index (χ0v) is 14.5. The number of carbonyl (C=O) groups excluding carboxylic acids is 1. The third kappa shape index (κ3) is 3.01. The maximum Gasteiger partial charge on any atom is 0.325 e. The lowest BCUT2D eigenvalue weighted by Gasteiger charge is -2.06. The summed E-state index contributed by atoms with van der Waals surface area (Å²) in [7, 11) is 1.56. The Bertz CT molecular complexity index is 975. The highest BCUT2D eigenvalue weighted by molar-refractivity contribution is 7.23. The van der Waals surface area contributed by atoms with Crippen molar-refractivity contribution in [2.24, 2.45) is 0 Å². The number of methoxy groups -OCH3 is 1. The van der Waals surface area contributed by atoms with Gasteiger partial charge in [-0.2, -0.15) is 0 Å². The van der Waals surface area contributed by atoms with E-state index >= 15 is 0 Å². The molecule has 0 radical (unpaired) electrons. The molecule has 0 saturated heterocycles. The van der Waals surface area contributed by atoms with E-state index in [1.54, 1.807) is 37.4 Å². The zero-order valence-electron chi connectivity index (χ0n) is 13.0. The Labute approximate surface area is 151 Å². The van der Waals surface area contributed by atoms with E-state index in [1.807, 2.05) is 0 Å². The van der Waals surface area contributed by atoms with Crippen molar-refractivity contribution in [2.75, 3.05) is 24.5 Å². The molecule has 1 aliphatic rings. The van der Waals surface area contributed by atoms with Gasteiger partial charge >= 0.3 is 6.03 Å². The molecule has 2 heterocycles. The molecule has 128 valence electrons. The van der Waals surface area contributed by atoms with Crippen LogP contribution < -0.4 is 24.8 Å². The number of fused-ring (bicyclic) bond motifs is 2. The number of anilines is 2. The molecule has 2 aromatic carbocycles. The van der Waals surface area contributed by atoms with Crippen molar-refractivity contribution in [1.82, 2.24) is 4.98 Å². The molecule has 0 bridgehead atoms. The van der Waals surface area contributed by atoms with Crippen molar-refractivity contribution in [1.29, 1.82) is 0 Å². The molecular formula is C16H12ClN3O4S. The number of urea groups is 1. The second-order valence-corrected chi connectivity index (χ2v) is 6.50. The summed E-state index contributed by atoms with van der Waals surface area (Å²) in [4.78, 5) is 16.6. The minimum Gasteiger partial charge on any atom is -0.494 e. The van der Waals surface area contributed by atoms with Gasteiger partial charge in [-0.1, -0.05) is 22.9 Å². The van der Waals surface area contributed by atoms with Gasteiger partial charge in [0.2, 0.25) is 6.79 Å². The molecular weight excluding hydrogens is 366 g/mol. The maximum absolute atomic E-state index is 12.2. The van der Waals surface area contributed by atoms with Crippen LogP contribution in [-0.2, 0) is 0 Å². The fraction of sp³-hybridized carbons (Fsp3) is 0.125. The summed E-state index contributed by atoms with van der Waals surface area (Å²) in [6.45, 7) is 0.180. The first-order valence-corrected chi connectivity index (χ1v) is 8.44.